The molecule has 0 heterocycles. The highest BCUT2D eigenvalue weighted by Gasteiger charge is 2.49. The molecule has 2 rings (SSSR count). The lowest BCUT2D eigenvalue weighted by molar-refractivity contribution is 0.0860. The first-order valence-electron chi connectivity index (χ1n) is 6.50. The van der Waals surface area contributed by atoms with E-state index >= 15 is 0 Å². The summed E-state index contributed by atoms with van der Waals surface area (Å²) in [6.45, 7) is 9.11. The molecule has 0 amide bonds. The van der Waals surface area contributed by atoms with Gasteiger partial charge in [0.15, 0.2) is 0 Å². The van der Waals surface area contributed by atoms with Crippen molar-refractivity contribution in [3.63, 3.8) is 0 Å². The summed E-state index contributed by atoms with van der Waals surface area (Å²) in [5.74, 6) is 0. The van der Waals surface area contributed by atoms with Crippen LogP contribution in [0.1, 0.15) is 52.9 Å². The van der Waals surface area contributed by atoms with E-state index in [-0.39, 0.29) is 0 Å². The molecule has 0 bridgehead atoms. The molecule has 0 radical (unpaired) electrons. The zero-order valence-electron chi connectivity index (χ0n) is 10.6. The van der Waals surface area contributed by atoms with Crippen LogP contribution in [-0.4, -0.2) is 29.6 Å². The lowest BCUT2D eigenvalue weighted by Crippen LogP contribution is -2.53. The minimum atomic E-state index is 0.333. The number of rotatable bonds is 4. The highest BCUT2D eigenvalue weighted by molar-refractivity contribution is 5.05. The Balaban J connectivity index is 2.14. The molecule has 0 aliphatic heterocycles. The van der Waals surface area contributed by atoms with E-state index in [0.717, 1.165) is 12.6 Å². The number of hydrogen-bond donors (Lipinski definition) is 1. The third kappa shape index (κ3) is 2.07. The van der Waals surface area contributed by atoms with Crippen LogP contribution in [-0.2, 0) is 0 Å². The summed E-state index contributed by atoms with van der Waals surface area (Å²) >= 11 is 0. The van der Waals surface area contributed by atoms with Crippen molar-refractivity contribution in [1.29, 1.82) is 0 Å². The van der Waals surface area contributed by atoms with Crippen LogP contribution in [0.25, 0.3) is 0 Å². The SMILES string of the molecule is CCN(C1CC1)C1(CN)CCC(C)(C)C1. The van der Waals surface area contributed by atoms with E-state index in [9.17, 15) is 0 Å². The van der Waals surface area contributed by atoms with Crippen LogP contribution in [0.3, 0.4) is 0 Å². The lowest BCUT2D eigenvalue weighted by Gasteiger charge is -2.41. The predicted octanol–water partition coefficient (Wildman–Crippen LogP) is 2.38. The maximum atomic E-state index is 6.09. The van der Waals surface area contributed by atoms with Crippen molar-refractivity contribution in [2.45, 2.75) is 64.5 Å². The van der Waals surface area contributed by atoms with Crippen molar-refractivity contribution in [3.8, 4) is 0 Å². The molecule has 0 aromatic rings. The van der Waals surface area contributed by atoms with Gasteiger partial charge in [0.25, 0.3) is 0 Å². The minimum absolute atomic E-state index is 0.333. The van der Waals surface area contributed by atoms with Gasteiger partial charge in [0.05, 0.1) is 0 Å². The van der Waals surface area contributed by atoms with Crippen LogP contribution < -0.4 is 5.73 Å². The summed E-state index contributed by atoms with van der Waals surface area (Å²) in [5, 5.41) is 0. The molecule has 0 aromatic carbocycles. The Kier molecular flexibility index (Phi) is 2.85. The van der Waals surface area contributed by atoms with Gasteiger partial charge in [0.1, 0.15) is 0 Å². The Morgan fingerprint density at radius 1 is 1.27 bits per heavy atom. The van der Waals surface area contributed by atoms with Gasteiger partial charge in [-0.15, -0.1) is 0 Å². The van der Waals surface area contributed by atoms with Crippen LogP contribution in [0, 0.1) is 5.41 Å². The van der Waals surface area contributed by atoms with E-state index in [0.29, 0.717) is 11.0 Å². The number of likely N-dealkylation sites (N-methyl/N-ethyl adjacent to an activating group) is 1. The summed E-state index contributed by atoms with van der Waals surface area (Å²) in [7, 11) is 0. The molecule has 1 unspecified atom stereocenters. The van der Waals surface area contributed by atoms with E-state index < -0.39 is 0 Å². The summed E-state index contributed by atoms with van der Waals surface area (Å²) in [6, 6.07) is 0.854. The van der Waals surface area contributed by atoms with E-state index in [1.165, 1.54) is 38.6 Å². The van der Waals surface area contributed by atoms with E-state index in [1.54, 1.807) is 0 Å². The molecule has 2 saturated carbocycles. The Bertz CT molecular complexity index is 233. The predicted molar refractivity (Wildman–Crippen MR) is 64.8 cm³/mol. The van der Waals surface area contributed by atoms with Gasteiger partial charge in [-0.2, -0.15) is 0 Å². The van der Waals surface area contributed by atoms with Gasteiger partial charge in [-0.1, -0.05) is 20.8 Å². The largest absolute Gasteiger partial charge is 0.329 e. The minimum Gasteiger partial charge on any atom is -0.329 e. The van der Waals surface area contributed by atoms with Crippen LogP contribution >= 0.6 is 0 Å². The van der Waals surface area contributed by atoms with Gasteiger partial charge in [0, 0.05) is 18.1 Å². The number of nitrogens with zero attached hydrogens (tertiary/aromatic N) is 1. The quantitative estimate of drug-likeness (QED) is 0.772. The summed E-state index contributed by atoms with van der Waals surface area (Å²) < 4.78 is 0. The third-order valence-electron chi connectivity index (χ3n) is 4.39. The number of hydrogen-bond acceptors (Lipinski definition) is 2. The monoisotopic (exact) mass is 210 g/mol. The molecule has 2 nitrogen and oxygen atoms in total. The second-order valence-corrected chi connectivity index (χ2v) is 6.29. The van der Waals surface area contributed by atoms with Crippen LogP contribution in [0.5, 0.6) is 0 Å². The molecule has 88 valence electrons. The van der Waals surface area contributed by atoms with Crippen molar-refractivity contribution < 1.29 is 0 Å². The Labute approximate surface area is 94.2 Å². The molecule has 0 saturated heterocycles. The molecule has 2 heteroatoms. The van der Waals surface area contributed by atoms with Gasteiger partial charge in [0.2, 0.25) is 0 Å². The summed E-state index contributed by atoms with van der Waals surface area (Å²) in [6.07, 6.45) is 6.74. The van der Waals surface area contributed by atoms with Crippen LogP contribution in [0.4, 0.5) is 0 Å². The smallest absolute Gasteiger partial charge is 0.0339 e. The first-order chi connectivity index (χ1) is 7.03. The normalized spacial score (nSPS) is 35.0. The summed E-state index contributed by atoms with van der Waals surface area (Å²) in [5.41, 5.74) is 6.92. The maximum Gasteiger partial charge on any atom is 0.0339 e. The molecule has 0 spiro atoms. The number of nitrogens with two attached hydrogens (primary N) is 1. The molecule has 15 heavy (non-hydrogen) atoms. The Hall–Kier alpha value is -0.0800. The summed E-state index contributed by atoms with van der Waals surface area (Å²) in [4.78, 5) is 2.71. The van der Waals surface area contributed by atoms with E-state index in [2.05, 4.69) is 25.7 Å². The molecule has 2 N–H and O–H groups in total. The Morgan fingerprint density at radius 3 is 2.27 bits per heavy atom. The van der Waals surface area contributed by atoms with Crippen molar-refractivity contribution in [1.82, 2.24) is 4.90 Å². The van der Waals surface area contributed by atoms with Gasteiger partial charge in [-0.05, 0) is 44.1 Å². The molecule has 0 aromatic heterocycles. The molecule has 1 atom stereocenters. The lowest BCUT2D eigenvalue weighted by atomic mass is 9.86. The average molecular weight is 210 g/mol. The topological polar surface area (TPSA) is 29.3 Å². The molecule has 2 aliphatic carbocycles. The fraction of sp³-hybridized carbons (Fsp3) is 1.00. The van der Waals surface area contributed by atoms with E-state index in [1.807, 2.05) is 0 Å². The first kappa shape index (κ1) is 11.4. The van der Waals surface area contributed by atoms with Crippen LogP contribution in [0.15, 0.2) is 0 Å². The van der Waals surface area contributed by atoms with Crippen molar-refractivity contribution >= 4 is 0 Å². The second-order valence-electron chi connectivity index (χ2n) is 6.29. The Morgan fingerprint density at radius 2 is 1.93 bits per heavy atom. The first-order valence-corrected chi connectivity index (χ1v) is 6.50. The van der Waals surface area contributed by atoms with Crippen molar-refractivity contribution in [2.24, 2.45) is 11.1 Å². The molecular weight excluding hydrogens is 184 g/mol. The fourth-order valence-electron chi connectivity index (χ4n) is 3.54. The third-order valence-corrected chi connectivity index (χ3v) is 4.39. The van der Waals surface area contributed by atoms with Gasteiger partial charge in [-0.25, -0.2) is 0 Å². The zero-order valence-corrected chi connectivity index (χ0v) is 10.6. The van der Waals surface area contributed by atoms with Gasteiger partial charge in [-0.3, -0.25) is 4.90 Å². The van der Waals surface area contributed by atoms with Gasteiger partial charge >= 0.3 is 0 Å². The van der Waals surface area contributed by atoms with Crippen molar-refractivity contribution in [2.75, 3.05) is 13.1 Å². The second kappa shape index (κ2) is 3.74. The molecule has 2 aliphatic rings. The van der Waals surface area contributed by atoms with Crippen molar-refractivity contribution in [3.05, 3.63) is 0 Å². The fourth-order valence-corrected chi connectivity index (χ4v) is 3.54. The molecule has 2 fully saturated rings. The zero-order chi connectivity index (χ0) is 11.1. The highest BCUT2D eigenvalue weighted by Crippen LogP contribution is 2.48. The van der Waals surface area contributed by atoms with Gasteiger partial charge < -0.3 is 5.73 Å². The maximum absolute atomic E-state index is 6.09. The van der Waals surface area contributed by atoms with E-state index in [4.69, 9.17) is 5.73 Å². The standard InChI is InChI=1S/C13H26N2/c1-4-15(11-5-6-11)13(10-14)8-7-12(2,3)9-13/h11H,4-10,14H2,1-3H3. The average Bonchev–Trinajstić information content (AvgIpc) is 2.94. The highest BCUT2D eigenvalue weighted by atomic mass is 15.3. The van der Waals surface area contributed by atoms with Crippen LogP contribution in [0.2, 0.25) is 0 Å². The molecular formula is C13H26N2.